The summed E-state index contributed by atoms with van der Waals surface area (Å²) in [5, 5.41) is 0. The Morgan fingerprint density at radius 3 is 1.65 bits per heavy atom. The Morgan fingerprint density at radius 2 is 1.25 bits per heavy atom. The van der Waals surface area contributed by atoms with Gasteiger partial charge in [0.05, 0.1) is 0 Å². The second kappa shape index (κ2) is 14.6. The van der Waals surface area contributed by atoms with Gasteiger partial charge < -0.3 is 0 Å². The first-order valence-electron chi connectivity index (χ1n) is 9.02. The van der Waals surface area contributed by atoms with Crippen molar-refractivity contribution >= 4 is 18.4 Å². The Kier molecular flexibility index (Phi) is 15.2. The third-order valence-electron chi connectivity index (χ3n) is 4.33. The van der Waals surface area contributed by atoms with Crippen molar-refractivity contribution in [2.45, 2.75) is 85.4 Å². The fraction of sp³-hybridized carbons (Fsp3) is 1.00. The summed E-state index contributed by atoms with van der Waals surface area (Å²) < 4.78 is 12.0. The molecule has 0 fully saturated rings. The summed E-state index contributed by atoms with van der Waals surface area (Å²) >= 11 is -2.00. The third kappa shape index (κ3) is 10.4. The number of ether oxygens (including phenoxy) is 1. The minimum atomic E-state index is -2.00. The fourth-order valence-corrected chi connectivity index (χ4v) is 17.4. The Balaban J connectivity index is 4.34. The van der Waals surface area contributed by atoms with Crippen molar-refractivity contribution in [3.63, 3.8) is 0 Å². The van der Waals surface area contributed by atoms with Gasteiger partial charge in [-0.1, -0.05) is 0 Å². The first-order chi connectivity index (χ1) is 9.74. The van der Waals surface area contributed by atoms with E-state index in [1.807, 2.05) is 0 Å². The Hall–Kier alpha value is 0.719. The van der Waals surface area contributed by atoms with E-state index < -0.39 is 18.4 Å². The molecule has 2 nitrogen and oxygen atoms in total. The zero-order chi connectivity index (χ0) is 15.1. The summed E-state index contributed by atoms with van der Waals surface area (Å²) in [4.78, 5) is 0. The molecule has 0 aromatic heterocycles. The molecule has 0 saturated heterocycles. The van der Waals surface area contributed by atoms with Gasteiger partial charge in [-0.05, 0) is 0 Å². The van der Waals surface area contributed by atoms with Crippen LogP contribution in [0.5, 0.6) is 0 Å². The monoisotopic (exact) mass is 393 g/mol. The molecule has 0 aliphatic heterocycles. The number of hydrogen-bond donors (Lipinski definition) is 1. The van der Waals surface area contributed by atoms with Crippen molar-refractivity contribution < 1.29 is 4.74 Å². The summed E-state index contributed by atoms with van der Waals surface area (Å²) in [6, 6.07) is 0. The van der Waals surface area contributed by atoms with Crippen LogP contribution in [0.25, 0.3) is 0 Å². The normalized spacial score (nSPS) is 12.0. The molecule has 0 spiro atoms. The van der Waals surface area contributed by atoms with Gasteiger partial charge >= 0.3 is 132 Å². The molecular weight excluding hydrogens is 353 g/mol. The van der Waals surface area contributed by atoms with Crippen LogP contribution in [-0.2, 0) is 4.74 Å². The number of nitrogens with two attached hydrogens (primary N) is 1. The molecule has 0 unspecified atom stereocenters. The van der Waals surface area contributed by atoms with Gasteiger partial charge in [-0.15, -0.1) is 0 Å². The van der Waals surface area contributed by atoms with Crippen molar-refractivity contribution in [3.05, 3.63) is 0 Å². The van der Waals surface area contributed by atoms with Crippen LogP contribution in [0.2, 0.25) is 13.3 Å². The average molecular weight is 392 g/mol. The van der Waals surface area contributed by atoms with E-state index in [-0.39, 0.29) is 0 Å². The zero-order valence-electron chi connectivity index (χ0n) is 14.4. The van der Waals surface area contributed by atoms with Gasteiger partial charge in [0.1, 0.15) is 0 Å². The molecule has 0 aliphatic carbocycles. The van der Waals surface area contributed by atoms with Crippen molar-refractivity contribution in [2.24, 2.45) is 5.73 Å². The molecular formula is C17H39NOSn. The zero-order valence-corrected chi connectivity index (χ0v) is 17.2. The van der Waals surface area contributed by atoms with Crippen molar-refractivity contribution in [3.8, 4) is 0 Å². The molecule has 0 heterocycles. The van der Waals surface area contributed by atoms with Crippen LogP contribution in [0.15, 0.2) is 0 Å². The second-order valence-corrected chi connectivity index (χ2v) is 20.0. The van der Waals surface area contributed by atoms with Gasteiger partial charge in [0.2, 0.25) is 0 Å². The molecule has 0 atom stereocenters. The third-order valence-corrected chi connectivity index (χ3v) is 18.8. The van der Waals surface area contributed by atoms with E-state index in [9.17, 15) is 0 Å². The van der Waals surface area contributed by atoms with E-state index in [2.05, 4.69) is 20.8 Å². The van der Waals surface area contributed by atoms with Crippen LogP contribution >= 0.6 is 0 Å². The van der Waals surface area contributed by atoms with E-state index in [0.29, 0.717) is 0 Å². The van der Waals surface area contributed by atoms with Gasteiger partial charge in [0.25, 0.3) is 0 Å². The van der Waals surface area contributed by atoms with Crippen LogP contribution in [0, 0.1) is 0 Å². The number of rotatable bonds is 15. The van der Waals surface area contributed by atoms with Gasteiger partial charge in [-0.3, -0.25) is 0 Å². The molecule has 0 saturated carbocycles. The molecule has 122 valence electrons. The standard InChI is InChI=1S/C5H12NO.3C4H9.Sn/c1-7-5-3-2-4-6;3*1-3-4-2;/h1-6H2;3*1,3-4H2,2H3;. The summed E-state index contributed by atoms with van der Waals surface area (Å²) in [5.41, 5.74) is 5.55. The molecule has 20 heavy (non-hydrogen) atoms. The summed E-state index contributed by atoms with van der Waals surface area (Å²) in [5.74, 6) is 0. The Bertz CT molecular complexity index is 178. The van der Waals surface area contributed by atoms with Crippen LogP contribution in [-0.4, -0.2) is 36.2 Å². The van der Waals surface area contributed by atoms with Gasteiger partial charge in [0, 0.05) is 0 Å². The molecule has 0 amide bonds. The molecule has 0 aromatic rings. The van der Waals surface area contributed by atoms with E-state index in [1.54, 1.807) is 13.3 Å². The fourth-order valence-electron chi connectivity index (χ4n) is 2.88. The average Bonchev–Trinajstić information content (AvgIpc) is 2.48. The van der Waals surface area contributed by atoms with E-state index in [4.69, 9.17) is 10.5 Å². The minimum absolute atomic E-state index is 0.805. The first-order valence-corrected chi connectivity index (χ1v) is 17.1. The maximum absolute atomic E-state index is 6.13. The molecule has 0 radical (unpaired) electrons. The second-order valence-electron chi connectivity index (χ2n) is 6.36. The van der Waals surface area contributed by atoms with E-state index in [0.717, 1.165) is 26.0 Å². The van der Waals surface area contributed by atoms with E-state index in [1.165, 1.54) is 43.1 Å². The van der Waals surface area contributed by atoms with Crippen molar-refractivity contribution in [2.75, 3.05) is 17.8 Å². The first kappa shape index (κ1) is 20.7. The van der Waals surface area contributed by atoms with Crippen LogP contribution in [0.1, 0.15) is 72.1 Å². The predicted octanol–water partition coefficient (Wildman–Crippen LogP) is 5.13. The van der Waals surface area contributed by atoms with Gasteiger partial charge in [0.15, 0.2) is 0 Å². The SMILES string of the molecule is CCC[CH2][Sn]([CH2]CCC)([CH2]CCC)[CH2]OCCCCN. The molecule has 0 aliphatic rings. The van der Waals surface area contributed by atoms with Gasteiger partial charge in [-0.2, -0.15) is 0 Å². The molecule has 0 bridgehead atoms. The van der Waals surface area contributed by atoms with Crippen LogP contribution in [0.4, 0.5) is 0 Å². The molecule has 0 rings (SSSR count). The Morgan fingerprint density at radius 1 is 0.750 bits per heavy atom. The van der Waals surface area contributed by atoms with Crippen LogP contribution in [0.3, 0.4) is 0 Å². The number of hydrogen-bond acceptors (Lipinski definition) is 2. The quantitative estimate of drug-likeness (QED) is 0.310. The van der Waals surface area contributed by atoms with Crippen molar-refractivity contribution in [1.82, 2.24) is 0 Å². The van der Waals surface area contributed by atoms with Crippen molar-refractivity contribution in [1.29, 1.82) is 0 Å². The van der Waals surface area contributed by atoms with E-state index >= 15 is 0 Å². The molecule has 3 heteroatoms. The summed E-state index contributed by atoms with van der Waals surface area (Å²) in [7, 11) is 0. The molecule has 2 N–H and O–H groups in total. The maximum atomic E-state index is 6.13. The van der Waals surface area contributed by atoms with Gasteiger partial charge in [-0.25, -0.2) is 0 Å². The summed E-state index contributed by atoms with van der Waals surface area (Å²) in [6.45, 7) is 8.74. The molecule has 0 aromatic carbocycles. The number of unbranched alkanes of at least 4 members (excludes halogenated alkanes) is 4. The predicted molar refractivity (Wildman–Crippen MR) is 94.0 cm³/mol. The Labute approximate surface area is 132 Å². The van der Waals surface area contributed by atoms with Crippen LogP contribution < -0.4 is 5.73 Å². The topological polar surface area (TPSA) is 35.2 Å². The summed E-state index contributed by atoms with van der Waals surface area (Å²) in [6.07, 6.45) is 10.6.